The van der Waals surface area contributed by atoms with Crippen molar-refractivity contribution in [3.63, 3.8) is 0 Å². The highest BCUT2D eigenvalue weighted by Crippen LogP contribution is 2.42. The van der Waals surface area contributed by atoms with Crippen molar-refractivity contribution in [3.05, 3.63) is 79.6 Å². The molecule has 1 atom stereocenters. The summed E-state index contributed by atoms with van der Waals surface area (Å²) in [6.45, 7) is 6.25. The summed E-state index contributed by atoms with van der Waals surface area (Å²) in [5, 5.41) is 0.986. The number of anilines is 1. The molecule has 1 fully saturated rings. The van der Waals surface area contributed by atoms with Crippen molar-refractivity contribution in [2.24, 2.45) is 0 Å². The SMILES string of the molecule is CCCCN1C(=O)N(c2ccc(Cl)cc2)[C@@H](n2oc(=O)n(-c3ccc(Cl)cc3)c2=O)C1(C)C. The molecule has 1 saturated heterocycles. The minimum atomic E-state index is -0.906. The fraction of sp³-hybridized carbons (Fsp3) is 0.348. The number of halogens is 2. The molecule has 2 amide bonds. The summed E-state index contributed by atoms with van der Waals surface area (Å²) in [7, 11) is 0. The molecule has 2 heterocycles. The average Bonchev–Trinajstić information content (AvgIpc) is 3.16. The maximum Gasteiger partial charge on any atom is 0.447 e. The first-order valence-corrected chi connectivity index (χ1v) is 11.4. The van der Waals surface area contributed by atoms with Crippen LogP contribution < -0.4 is 16.3 Å². The third kappa shape index (κ3) is 3.98. The minimum absolute atomic E-state index is 0.283. The molecule has 0 bridgehead atoms. The van der Waals surface area contributed by atoms with Crippen LogP contribution in [0.5, 0.6) is 0 Å². The molecule has 8 nitrogen and oxygen atoms in total. The molecule has 0 aliphatic carbocycles. The number of carbonyl (C=O) groups is 1. The molecule has 0 radical (unpaired) electrons. The number of rotatable bonds is 6. The van der Waals surface area contributed by atoms with Crippen LogP contribution in [-0.4, -0.2) is 32.3 Å². The lowest BCUT2D eigenvalue weighted by Crippen LogP contribution is -2.47. The van der Waals surface area contributed by atoms with Crippen molar-refractivity contribution in [1.29, 1.82) is 0 Å². The first-order chi connectivity index (χ1) is 15.7. The number of carbonyl (C=O) groups excluding carboxylic acids is 1. The number of aromatic nitrogens is 2. The molecule has 0 spiro atoms. The first kappa shape index (κ1) is 23.2. The number of unbranched alkanes of at least 4 members (excludes halogenated alkanes) is 1. The summed E-state index contributed by atoms with van der Waals surface area (Å²) in [6, 6.07) is 12.7. The van der Waals surface area contributed by atoms with Crippen LogP contribution in [0.3, 0.4) is 0 Å². The second-order valence-electron chi connectivity index (χ2n) is 8.44. The van der Waals surface area contributed by atoms with Gasteiger partial charge in [-0.3, -0.25) is 4.90 Å². The lowest BCUT2D eigenvalue weighted by atomic mass is 10.00. The minimum Gasteiger partial charge on any atom is -0.315 e. The maximum absolute atomic E-state index is 13.6. The standard InChI is InChI=1S/C23H24Cl2N4O4/c1-4-5-14-26-20(30)27(17-10-6-15(24)7-11-17)19(23(26,2)3)29-21(31)28(22(32)33-29)18-12-8-16(25)9-13-18/h6-13,19H,4-5,14H2,1-3H3/t19-/m0/s1. The van der Waals surface area contributed by atoms with Crippen LogP contribution in [0.1, 0.15) is 39.8 Å². The summed E-state index contributed by atoms with van der Waals surface area (Å²) in [4.78, 5) is 42.9. The van der Waals surface area contributed by atoms with Gasteiger partial charge in [0, 0.05) is 22.3 Å². The molecule has 1 aliphatic rings. The predicted molar refractivity (Wildman–Crippen MR) is 128 cm³/mol. The monoisotopic (exact) mass is 490 g/mol. The summed E-state index contributed by atoms with van der Waals surface area (Å²) in [5.41, 5.74) is -0.697. The maximum atomic E-state index is 13.6. The lowest BCUT2D eigenvalue weighted by Gasteiger charge is -2.33. The number of hydrogen-bond acceptors (Lipinski definition) is 4. The second-order valence-corrected chi connectivity index (χ2v) is 9.31. The lowest BCUT2D eigenvalue weighted by molar-refractivity contribution is 0.0962. The van der Waals surface area contributed by atoms with Gasteiger partial charge in [0.15, 0.2) is 6.17 Å². The fourth-order valence-corrected chi connectivity index (χ4v) is 4.43. The third-order valence-corrected chi connectivity index (χ3v) is 6.40. The Morgan fingerprint density at radius 1 is 0.909 bits per heavy atom. The van der Waals surface area contributed by atoms with Crippen LogP contribution in [0.15, 0.2) is 62.6 Å². The number of urea groups is 1. The molecule has 0 N–H and O–H groups in total. The summed E-state index contributed by atoms with van der Waals surface area (Å²) in [5.74, 6) is -0.853. The predicted octanol–water partition coefficient (Wildman–Crippen LogP) is 4.92. The van der Waals surface area contributed by atoms with Crippen LogP contribution in [0.25, 0.3) is 5.69 Å². The summed E-state index contributed by atoms with van der Waals surface area (Å²) >= 11 is 12.0. The molecule has 4 rings (SSSR count). The van der Waals surface area contributed by atoms with E-state index in [-0.39, 0.29) is 6.03 Å². The topological polar surface area (TPSA) is 80.7 Å². The van der Waals surface area contributed by atoms with Crippen molar-refractivity contribution < 1.29 is 9.32 Å². The van der Waals surface area contributed by atoms with E-state index in [9.17, 15) is 14.4 Å². The summed E-state index contributed by atoms with van der Waals surface area (Å²) in [6.07, 6.45) is 0.783. The van der Waals surface area contributed by atoms with Crippen LogP contribution in [0, 0.1) is 0 Å². The van der Waals surface area contributed by atoms with Gasteiger partial charge in [0.25, 0.3) is 0 Å². The van der Waals surface area contributed by atoms with Gasteiger partial charge >= 0.3 is 17.5 Å². The Morgan fingerprint density at radius 3 is 2.00 bits per heavy atom. The van der Waals surface area contributed by atoms with Gasteiger partial charge in [0.1, 0.15) is 0 Å². The van der Waals surface area contributed by atoms with Crippen LogP contribution in [0.4, 0.5) is 10.5 Å². The Hall–Kier alpha value is -2.97. The second kappa shape index (κ2) is 8.76. The van der Waals surface area contributed by atoms with E-state index in [1.165, 1.54) is 4.90 Å². The zero-order chi connectivity index (χ0) is 23.9. The Bertz CT molecular complexity index is 1280. The molecule has 10 heteroatoms. The Morgan fingerprint density at radius 2 is 1.45 bits per heavy atom. The van der Waals surface area contributed by atoms with Crippen LogP contribution in [0.2, 0.25) is 10.0 Å². The molecule has 3 aromatic rings. The Labute approximate surface area is 200 Å². The molecule has 2 aromatic carbocycles. The molecule has 1 aliphatic heterocycles. The zero-order valence-corrected chi connectivity index (χ0v) is 20.0. The van der Waals surface area contributed by atoms with Gasteiger partial charge in [-0.05, 0) is 68.8 Å². The Kier molecular flexibility index (Phi) is 6.16. The molecule has 1 aromatic heterocycles. The molecular weight excluding hydrogens is 467 g/mol. The first-order valence-electron chi connectivity index (χ1n) is 10.6. The van der Waals surface area contributed by atoms with Crippen LogP contribution in [-0.2, 0) is 0 Å². The number of nitrogens with zero attached hydrogens (tertiary/aromatic N) is 4. The zero-order valence-electron chi connectivity index (χ0n) is 18.5. The fourth-order valence-electron chi connectivity index (χ4n) is 4.18. The van der Waals surface area contributed by atoms with Gasteiger partial charge in [-0.1, -0.05) is 36.5 Å². The molecular formula is C23H24Cl2N4O4. The number of amides is 2. The largest absolute Gasteiger partial charge is 0.447 e. The third-order valence-electron chi connectivity index (χ3n) is 5.89. The molecule has 33 heavy (non-hydrogen) atoms. The molecule has 0 saturated carbocycles. The highest BCUT2D eigenvalue weighted by molar-refractivity contribution is 6.30. The smallest absolute Gasteiger partial charge is 0.315 e. The Balaban J connectivity index is 1.89. The number of benzene rings is 2. The van der Waals surface area contributed by atoms with Gasteiger partial charge in [0.2, 0.25) is 0 Å². The van der Waals surface area contributed by atoms with E-state index in [1.807, 2.05) is 20.8 Å². The van der Waals surface area contributed by atoms with E-state index >= 15 is 0 Å². The van der Waals surface area contributed by atoms with Crippen molar-refractivity contribution in [2.45, 2.75) is 45.3 Å². The van der Waals surface area contributed by atoms with E-state index in [1.54, 1.807) is 53.4 Å². The van der Waals surface area contributed by atoms with Gasteiger partial charge in [-0.15, -0.1) is 4.74 Å². The van der Waals surface area contributed by atoms with Gasteiger partial charge in [-0.25, -0.2) is 14.4 Å². The molecule has 174 valence electrons. The van der Waals surface area contributed by atoms with E-state index < -0.39 is 23.2 Å². The normalized spacial score (nSPS) is 17.7. The van der Waals surface area contributed by atoms with E-state index in [0.29, 0.717) is 28.0 Å². The van der Waals surface area contributed by atoms with Crippen molar-refractivity contribution in [1.82, 2.24) is 14.2 Å². The average molecular weight is 491 g/mol. The highest BCUT2D eigenvalue weighted by atomic mass is 35.5. The van der Waals surface area contributed by atoms with E-state index in [0.717, 1.165) is 22.1 Å². The van der Waals surface area contributed by atoms with Gasteiger partial charge in [0.05, 0.1) is 11.2 Å². The van der Waals surface area contributed by atoms with E-state index in [2.05, 4.69) is 0 Å². The van der Waals surface area contributed by atoms with Crippen molar-refractivity contribution in [3.8, 4) is 5.69 Å². The van der Waals surface area contributed by atoms with Gasteiger partial charge < -0.3 is 9.42 Å². The van der Waals surface area contributed by atoms with Gasteiger partial charge in [-0.2, -0.15) is 4.57 Å². The van der Waals surface area contributed by atoms with Crippen molar-refractivity contribution in [2.75, 3.05) is 11.4 Å². The number of hydrogen-bond donors (Lipinski definition) is 0. The van der Waals surface area contributed by atoms with Crippen LogP contribution >= 0.6 is 23.2 Å². The molecule has 0 unspecified atom stereocenters. The van der Waals surface area contributed by atoms with E-state index in [4.69, 9.17) is 27.7 Å². The van der Waals surface area contributed by atoms with Crippen molar-refractivity contribution >= 4 is 34.9 Å². The quantitative estimate of drug-likeness (QED) is 0.491. The summed E-state index contributed by atoms with van der Waals surface area (Å²) < 4.78 is 7.36. The highest BCUT2D eigenvalue weighted by Gasteiger charge is 2.54.